The number of piperazine rings is 1. The Bertz CT molecular complexity index is 1810. The average molecular weight is 710 g/mol. The van der Waals surface area contributed by atoms with Crippen LogP contribution in [0.4, 0.5) is 40.2 Å². The first-order valence-electron chi connectivity index (χ1n) is 16.5. The Balaban J connectivity index is 1.26. The number of amides is 1. The second-order valence-corrected chi connectivity index (χ2v) is 15.0. The van der Waals surface area contributed by atoms with Gasteiger partial charge in [-0.05, 0) is 56.5 Å². The van der Waals surface area contributed by atoms with Gasteiger partial charge in [-0.15, -0.1) is 0 Å². The molecule has 49 heavy (non-hydrogen) atoms. The molecular formula is C34H44ClN9O4S. The van der Waals surface area contributed by atoms with E-state index in [1.54, 1.807) is 13.2 Å². The SMILES string of the molecule is C=CC(=O)Nc1cc(Nc2ncc(Cl)c(Nc3cccc4c3N(S(C)(=O)=O)CCC4)n2)c(OC)cc1N1CCC(N2CCN(C)CC2)CC1. The van der Waals surface area contributed by atoms with Gasteiger partial charge in [-0.25, -0.2) is 13.4 Å². The lowest BCUT2D eigenvalue weighted by atomic mass is 10.0. The molecule has 3 N–H and O–H groups in total. The summed E-state index contributed by atoms with van der Waals surface area (Å²) in [5.74, 6) is 0.734. The van der Waals surface area contributed by atoms with Crippen molar-refractivity contribution in [1.29, 1.82) is 0 Å². The number of sulfonamides is 1. The average Bonchev–Trinajstić information content (AvgIpc) is 3.09. The van der Waals surface area contributed by atoms with E-state index in [4.69, 9.17) is 16.3 Å². The van der Waals surface area contributed by atoms with Crippen molar-refractivity contribution >= 4 is 67.7 Å². The van der Waals surface area contributed by atoms with Crippen LogP contribution in [0.5, 0.6) is 5.75 Å². The van der Waals surface area contributed by atoms with Crippen molar-refractivity contribution in [1.82, 2.24) is 19.8 Å². The number of para-hydroxylation sites is 1. The van der Waals surface area contributed by atoms with Crippen LogP contribution in [0.3, 0.4) is 0 Å². The molecule has 2 aromatic carbocycles. The van der Waals surface area contributed by atoms with Gasteiger partial charge in [-0.3, -0.25) is 14.0 Å². The normalized spacial score (nSPS) is 17.7. The number of anilines is 7. The van der Waals surface area contributed by atoms with Gasteiger partial charge >= 0.3 is 0 Å². The van der Waals surface area contributed by atoms with Crippen molar-refractivity contribution in [2.45, 2.75) is 31.7 Å². The summed E-state index contributed by atoms with van der Waals surface area (Å²) in [4.78, 5) is 28.9. The molecule has 0 spiro atoms. The summed E-state index contributed by atoms with van der Waals surface area (Å²) >= 11 is 6.55. The van der Waals surface area contributed by atoms with Crippen LogP contribution in [0.1, 0.15) is 24.8 Å². The molecule has 15 heteroatoms. The van der Waals surface area contributed by atoms with Crippen molar-refractivity contribution in [3.63, 3.8) is 0 Å². The van der Waals surface area contributed by atoms with Gasteiger partial charge in [0.25, 0.3) is 0 Å². The highest BCUT2D eigenvalue weighted by atomic mass is 35.5. The smallest absolute Gasteiger partial charge is 0.247 e. The number of fused-ring (bicyclic) bond motifs is 1. The molecule has 0 atom stereocenters. The molecule has 0 radical (unpaired) electrons. The molecule has 0 bridgehead atoms. The quantitative estimate of drug-likeness (QED) is 0.253. The van der Waals surface area contributed by atoms with Crippen molar-refractivity contribution in [2.24, 2.45) is 0 Å². The monoisotopic (exact) mass is 709 g/mol. The lowest BCUT2D eigenvalue weighted by molar-refractivity contribution is -0.111. The van der Waals surface area contributed by atoms with Crippen LogP contribution in [0, 0.1) is 0 Å². The van der Waals surface area contributed by atoms with Gasteiger partial charge < -0.3 is 30.5 Å². The predicted molar refractivity (Wildman–Crippen MR) is 197 cm³/mol. The first-order valence-corrected chi connectivity index (χ1v) is 18.8. The number of carbonyl (C=O) groups excluding carboxylic acids is 1. The van der Waals surface area contributed by atoms with Crippen molar-refractivity contribution < 1.29 is 17.9 Å². The lowest BCUT2D eigenvalue weighted by Crippen LogP contribution is -2.52. The molecule has 1 amide bonds. The molecule has 3 aliphatic heterocycles. The fraction of sp³-hybridized carbons (Fsp3) is 0.441. The first-order chi connectivity index (χ1) is 23.5. The second-order valence-electron chi connectivity index (χ2n) is 12.7. The molecule has 6 rings (SSSR count). The lowest BCUT2D eigenvalue weighted by Gasteiger charge is -2.43. The Morgan fingerprint density at radius 2 is 1.80 bits per heavy atom. The van der Waals surface area contributed by atoms with Gasteiger partial charge in [0, 0.05) is 57.9 Å². The van der Waals surface area contributed by atoms with Crippen molar-refractivity contribution in [3.8, 4) is 5.75 Å². The fourth-order valence-corrected chi connectivity index (χ4v) is 7.99. The van der Waals surface area contributed by atoms with Gasteiger partial charge in [-0.1, -0.05) is 30.3 Å². The molecule has 1 aromatic heterocycles. The highest BCUT2D eigenvalue weighted by Gasteiger charge is 2.29. The summed E-state index contributed by atoms with van der Waals surface area (Å²) in [6.07, 6.45) is 7.47. The zero-order chi connectivity index (χ0) is 34.7. The van der Waals surface area contributed by atoms with Crippen LogP contribution in [0.15, 0.2) is 49.2 Å². The summed E-state index contributed by atoms with van der Waals surface area (Å²) < 4.78 is 32.5. The summed E-state index contributed by atoms with van der Waals surface area (Å²) in [6, 6.07) is 9.88. The van der Waals surface area contributed by atoms with Crippen LogP contribution < -0.4 is 29.9 Å². The standard InChI is InChI=1S/C34H44ClN9O4S/c1-5-31(45)37-27-20-28(30(48-3)21-29(27)43-14-11-24(12-15-43)42-18-16-41(2)17-19-42)39-34-36-22-25(35)33(40-34)38-26-10-6-8-23-9-7-13-44(32(23)26)49(4,46)47/h5-6,8,10,20-22,24H,1,7,9,11-19H2,2-4H3,(H,37,45)(H2,36,38,39,40). The van der Waals surface area contributed by atoms with E-state index in [0.717, 1.165) is 76.2 Å². The van der Waals surface area contributed by atoms with Crippen LogP contribution in [0.2, 0.25) is 5.02 Å². The third-order valence-electron chi connectivity index (χ3n) is 9.44. The Kier molecular flexibility index (Phi) is 10.5. The van der Waals surface area contributed by atoms with Gasteiger partial charge in [0.15, 0.2) is 5.82 Å². The van der Waals surface area contributed by atoms with Gasteiger partial charge in [-0.2, -0.15) is 4.98 Å². The van der Waals surface area contributed by atoms with Crippen molar-refractivity contribution in [2.75, 3.05) is 91.4 Å². The van der Waals surface area contributed by atoms with Crippen LogP contribution in [0.25, 0.3) is 0 Å². The molecule has 13 nitrogen and oxygen atoms in total. The number of piperidine rings is 1. The predicted octanol–water partition coefficient (Wildman–Crippen LogP) is 4.68. The summed E-state index contributed by atoms with van der Waals surface area (Å²) in [5.41, 5.74) is 4.09. The molecule has 2 saturated heterocycles. The minimum absolute atomic E-state index is 0.219. The molecule has 3 aliphatic rings. The third-order valence-corrected chi connectivity index (χ3v) is 10.9. The van der Waals surface area contributed by atoms with Gasteiger partial charge in [0.2, 0.25) is 21.9 Å². The van der Waals surface area contributed by atoms with E-state index < -0.39 is 10.0 Å². The maximum atomic E-state index is 12.7. The maximum absolute atomic E-state index is 12.7. The Labute approximate surface area is 293 Å². The number of nitrogens with zero attached hydrogens (tertiary/aromatic N) is 6. The molecule has 262 valence electrons. The Hall–Kier alpha value is -4.11. The van der Waals surface area contributed by atoms with E-state index in [9.17, 15) is 13.2 Å². The number of ether oxygens (including phenoxy) is 1. The van der Waals surface area contributed by atoms with Crippen molar-refractivity contribution in [3.05, 3.63) is 59.8 Å². The molecule has 0 aliphatic carbocycles. The molecular weight excluding hydrogens is 666 g/mol. The van der Waals surface area contributed by atoms with Crippen LogP contribution >= 0.6 is 11.6 Å². The summed E-state index contributed by atoms with van der Waals surface area (Å²) in [6.45, 7) is 10.1. The summed E-state index contributed by atoms with van der Waals surface area (Å²) in [5, 5.41) is 9.70. The number of hydrogen-bond acceptors (Lipinski definition) is 11. The van der Waals surface area contributed by atoms with E-state index in [1.807, 2.05) is 24.3 Å². The molecule has 0 unspecified atom stereocenters. The number of hydrogen-bond donors (Lipinski definition) is 3. The van der Waals surface area contributed by atoms with E-state index in [0.29, 0.717) is 46.9 Å². The Morgan fingerprint density at radius 1 is 1.04 bits per heavy atom. The number of aromatic nitrogens is 2. The van der Waals surface area contributed by atoms with Gasteiger partial charge in [0.1, 0.15) is 10.8 Å². The number of rotatable bonds is 10. The largest absolute Gasteiger partial charge is 0.494 e. The first kappa shape index (κ1) is 34.7. The van der Waals surface area contributed by atoms with Crippen LogP contribution in [-0.2, 0) is 21.2 Å². The highest BCUT2D eigenvalue weighted by molar-refractivity contribution is 7.92. The highest BCUT2D eigenvalue weighted by Crippen LogP contribution is 2.41. The minimum atomic E-state index is -3.50. The zero-order valence-corrected chi connectivity index (χ0v) is 29.8. The van der Waals surface area contributed by atoms with E-state index >= 15 is 0 Å². The maximum Gasteiger partial charge on any atom is 0.247 e. The Morgan fingerprint density at radius 3 is 2.49 bits per heavy atom. The van der Waals surface area contributed by atoms with E-state index in [2.05, 4.69) is 54.2 Å². The molecule has 3 aromatic rings. The number of benzene rings is 2. The number of aryl methyl sites for hydroxylation is 1. The molecule has 4 heterocycles. The number of methoxy groups -OCH3 is 1. The number of likely N-dealkylation sites (N-methyl/N-ethyl adjacent to an activating group) is 1. The molecule has 2 fully saturated rings. The molecule has 0 saturated carbocycles. The second kappa shape index (κ2) is 14.8. The number of halogens is 1. The third kappa shape index (κ3) is 7.88. The summed E-state index contributed by atoms with van der Waals surface area (Å²) in [7, 11) is 0.265. The number of carbonyl (C=O) groups is 1. The van der Waals surface area contributed by atoms with Gasteiger partial charge in [0.05, 0.1) is 48.0 Å². The van der Waals surface area contributed by atoms with E-state index in [-0.39, 0.29) is 16.9 Å². The van der Waals surface area contributed by atoms with E-state index in [1.165, 1.54) is 22.8 Å². The topological polar surface area (TPSA) is 135 Å². The van der Waals surface area contributed by atoms with Crippen LogP contribution in [-0.4, -0.2) is 106 Å². The number of nitrogens with one attached hydrogen (secondary N) is 3. The zero-order valence-electron chi connectivity index (χ0n) is 28.2. The fourth-order valence-electron chi connectivity index (χ4n) is 6.85. The minimum Gasteiger partial charge on any atom is -0.494 e.